The maximum Gasteiger partial charge on any atom is 0.416 e. The van der Waals surface area contributed by atoms with Crippen LogP contribution in [0.2, 0.25) is 0 Å². The number of piperazine rings is 1. The summed E-state index contributed by atoms with van der Waals surface area (Å²) < 4.78 is 40.4. The van der Waals surface area contributed by atoms with E-state index in [1.54, 1.807) is 4.90 Å². The zero-order chi connectivity index (χ0) is 26.9. The first-order chi connectivity index (χ1) is 17.0. The smallest absolute Gasteiger partial charge is 0.391 e. The first-order valence-corrected chi connectivity index (χ1v) is 12.2. The van der Waals surface area contributed by atoms with Crippen LogP contribution in [0.15, 0.2) is 24.3 Å². The van der Waals surface area contributed by atoms with Crippen LogP contribution in [0.4, 0.5) is 13.2 Å². The van der Waals surface area contributed by atoms with Crippen molar-refractivity contribution in [3.05, 3.63) is 35.4 Å². The van der Waals surface area contributed by atoms with E-state index in [0.29, 0.717) is 19.5 Å². The number of carbonyl (C=O) groups is 2. The molecule has 0 aliphatic carbocycles. The molecule has 1 saturated heterocycles. The molecule has 1 amide bonds. The number of benzene rings is 1. The molecule has 1 unspecified atom stereocenters. The van der Waals surface area contributed by atoms with Crippen LogP contribution in [0.5, 0.6) is 0 Å². The third-order valence-electron chi connectivity index (χ3n) is 6.23. The number of aliphatic hydroxyl groups is 2. The van der Waals surface area contributed by atoms with Gasteiger partial charge < -0.3 is 26.6 Å². The molecule has 1 aliphatic rings. The van der Waals surface area contributed by atoms with Crippen molar-refractivity contribution in [2.45, 2.75) is 76.3 Å². The molecule has 9 nitrogen and oxygen atoms in total. The Morgan fingerprint density at radius 1 is 1.28 bits per heavy atom. The number of aliphatic hydroxyl groups excluding tert-OH is 2. The van der Waals surface area contributed by atoms with Crippen molar-refractivity contribution in [1.82, 2.24) is 20.9 Å². The average molecular weight is 518 g/mol. The van der Waals surface area contributed by atoms with E-state index in [1.807, 2.05) is 6.92 Å². The summed E-state index contributed by atoms with van der Waals surface area (Å²) in [6.07, 6.45) is -5.98. The predicted octanol–water partition coefficient (Wildman–Crippen LogP) is 0.339. The molecule has 0 spiro atoms. The van der Waals surface area contributed by atoms with Gasteiger partial charge in [0.15, 0.2) is 0 Å². The molecule has 36 heavy (non-hydrogen) atoms. The highest BCUT2D eigenvalue weighted by Gasteiger charge is 2.37. The average Bonchev–Trinajstić information content (AvgIpc) is 2.82. The van der Waals surface area contributed by atoms with Gasteiger partial charge in [0, 0.05) is 32.6 Å². The zero-order valence-corrected chi connectivity index (χ0v) is 20.7. The maximum atomic E-state index is 13.5. The van der Waals surface area contributed by atoms with Crippen LogP contribution in [0, 0.1) is 0 Å². The minimum Gasteiger partial charge on any atom is -0.391 e. The number of Topliss-reactive ketones (excluding diaryl/α,β-unsaturated/α-hetero) is 1. The van der Waals surface area contributed by atoms with Crippen molar-refractivity contribution in [2.75, 3.05) is 26.2 Å². The molecule has 12 heteroatoms. The Hall–Kier alpha value is -2.09. The molecule has 2 rings (SSSR count). The number of ketones is 1. The van der Waals surface area contributed by atoms with E-state index in [4.69, 9.17) is 5.73 Å². The van der Waals surface area contributed by atoms with Gasteiger partial charge in [-0.25, -0.2) is 0 Å². The molecule has 1 fully saturated rings. The molecule has 0 saturated carbocycles. The number of alkyl halides is 3. The summed E-state index contributed by atoms with van der Waals surface area (Å²) in [5.41, 5.74) is 4.89. The molecular formula is C24H38F3N5O4. The molecule has 204 valence electrons. The Kier molecular flexibility index (Phi) is 11.7. The van der Waals surface area contributed by atoms with E-state index >= 15 is 0 Å². The first kappa shape index (κ1) is 30.1. The van der Waals surface area contributed by atoms with Crippen LogP contribution in [0.25, 0.3) is 0 Å². The molecule has 1 aromatic carbocycles. The molecule has 1 aliphatic heterocycles. The van der Waals surface area contributed by atoms with Crippen LogP contribution in [-0.4, -0.2) is 83.4 Å². The van der Waals surface area contributed by atoms with Crippen molar-refractivity contribution >= 4 is 11.7 Å². The number of carbonyl (C=O) groups excluding carboxylic acids is 2. The summed E-state index contributed by atoms with van der Waals surface area (Å²) in [6.45, 7) is 4.34. The van der Waals surface area contributed by atoms with Gasteiger partial charge in [-0.2, -0.15) is 13.2 Å². The van der Waals surface area contributed by atoms with Crippen LogP contribution in [-0.2, 0) is 22.3 Å². The topological polar surface area (TPSA) is 140 Å². The SMILES string of the molecule is CCCC(=O)[C@H](CCN)NC(O)[C@@H](NC(=O)[C@@H]1CNCCN1Cc1ccccc1C(F)(F)F)[C@H](C)O. The summed E-state index contributed by atoms with van der Waals surface area (Å²) in [5, 5.41) is 29.4. The lowest BCUT2D eigenvalue weighted by Gasteiger charge is -2.37. The summed E-state index contributed by atoms with van der Waals surface area (Å²) in [6, 6.07) is 2.49. The third-order valence-corrected chi connectivity index (χ3v) is 6.23. The number of rotatable bonds is 13. The standard InChI is InChI=1S/C24H38F3N5O4/c1-3-6-20(34)18(9-10-28)30-23(36)21(15(2)33)31-22(35)19-13-29-11-12-32(19)14-16-7-4-5-8-17(16)24(25,26)27/h4-5,7-8,15,18-19,21,23,29-30,33,36H,3,6,9-14,28H2,1-2H3,(H,31,35)/t15-,18-,19-,21-,23?/m0/s1. The van der Waals surface area contributed by atoms with E-state index in [2.05, 4.69) is 16.0 Å². The van der Waals surface area contributed by atoms with E-state index in [1.165, 1.54) is 25.1 Å². The van der Waals surface area contributed by atoms with Gasteiger partial charge in [0.2, 0.25) is 5.91 Å². The largest absolute Gasteiger partial charge is 0.416 e. The molecule has 1 aromatic rings. The number of hydrogen-bond acceptors (Lipinski definition) is 8. The summed E-state index contributed by atoms with van der Waals surface area (Å²) in [4.78, 5) is 27.2. The Bertz CT molecular complexity index is 855. The lowest BCUT2D eigenvalue weighted by molar-refractivity contribution is -0.138. The van der Waals surface area contributed by atoms with E-state index in [-0.39, 0.29) is 43.8 Å². The van der Waals surface area contributed by atoms with Crippen molar-refractivity contribution in [3.63, 3.8) is 0 Å². The fourth-order valence-corrected chi connectivity index (χ4v) is 4.31. The maximum absolute atomic E-state index is 13.5. The Labute approximate surface area is 209 Å². The second-order valence-electron chi connectivity index (χ2n) is 9.08. The van der Waals surface area contributed by atoms with Crippen molar-refractivity contribution in [3.8, 4) is 0 Å². The van der Waals surface area contributed by atoms with Crippen LogP contribution < -0.4 is 21.7 Å². The van der Waals surface area contributed by atoms with Gasteiger partial charge in [0.05, 0.1) is 23.8 Å². The summed E-state index contributed by atoms with van der Waals surface area (Å²) in [5.74, 6) is -0.697. The van der Waals surface area contributed by atoms with Crippen LogP contribution in [0.1, 0.15) is 44.2 Å². The number of amides is 1. The van der Waals surface area contributed by atoms with Crippen molar-refractivity contribution in [2.24, 2.45) is 5.73 Å². The number of nitrogens with two attached hydrogens (primary N) is 1. The van der Waals surface area contributed by atoms with E-state index < -0.39 is 48.1 Å². The fourth-order valence-electron chi connectivity index (χ4n) is 4.31. The van der Waals surface area contributed by atoms with Gasteiger partial charge >= 0.3 is 6.18 Å². The van der Waals surface area contributed by atoms with Gasteiger partial charge in [-0.05, 0) is 37.9 Å². The lowest BCUT2D eigenvalue weighted by Crippen LogP contribution is -2.63. The zero-order valence-electron chi connectivity index (χ0n) is 20.7. The number of nitrogens with zero attached hydrogens (tertiary/aromatic N) is 1. The molecular weight excluding hydrogens is 479 g/mol. The summed E-state index contributed by atoms with van der Waals surface area (Å²) >= 11 is 0. The molecule has 0 bridgehead atoms. The minimum atomic E-state index is -4.52. The highest BCUT2D eigenvalue weighted by Crippen LogP contribution is 2.32. The normalized spacial score (nSPS) is 20.4. The Morgan fingerprint density at radius 3 is 2.58 bits per heavy atom. The second kappa shape index (κ2) is 14.0. The Balaban J connectivity index is 2.15. The lowest BCUT2D eigenvalue weighted by atomic mass is 10.0. The molecule has 0 radical (unpaired) electrons. The molecule has 7 N–H and O–H groups in total. The fraction of sp³-hybridized carbons (Fsp3) is 0.667. The molecule has 5 atom stereocenters. The highest BCUT2D eigenvalue weighted by molar-refractivity contribution is 5.84. The van der Waals surface area contributed by atoms with Gasteiger partial charge in [-0.15, -0.1) is 0 Å². The van der Waals surface area contributed by atoms with Gasteiger partial charge in [-0.1, -0.05) is 25.1 Å². The van der Waals surface area contributed by atoms with Gasteiger partial charge in [-0.3, -0.25) is 19.8 Å². The quantitative estimate of drug-likeness (QED) is 0.206. The Morgan fingerprint density at radius 2 is 1.97 bits per heavy atom. The number of halogens is 3. The minimum absolute atomic E-state index is 0.0533. The van der Waals surface area contributed by atoms with Crippen LogP contribution >= 0.6 is 0 Å². The third kappa shape index (κ3) is 8.49. The van der Waals surface area contributed by atoms with E-state index in [9.17, 15) is 33.0 Å². The van der Waals surface area contributed by atoms with Gasteiger partial charge in [0.25, 0.3) is 0 Å². The van der Waals surface area contributed by atoms with Crippen molar-refractivity contribution < 1.29 is 33.0 Å². The van der Waals surface area contributed by atoms with E-state index in [0.717, 1.165) is 6.07 Å². The highest BCUT2D eigenvalue weighted by atomic mass is 19.4. The van der Waals surface area contributed by atoms with Gasteiger partial charge in [0.1, 0.15) is 18.1 Å². The predicted molar refractivity (Wildman–Crippen MR) is 129 cm³/mol. The summed E-state index contributed by atoms with van der Waals surface area (Å²) in [7, 11) is 0. The van der Waals surface area contributed by atoms with Crippen molar-refractivity contribution in [1.29, 1.82) is 0 Å². The molecule has 1 heterocycles. The first-order valence-electron chi connectivity index (χ1n) is 12.2. The second-order valence-corrected chi connectivity index (χ2v) is 9.08. The van der Waals surface area contributed by atoms with Crippen LogP contribution in [0.3, 0.4) is 0 Å². The number of hydrogen-bond donors (Lipinski definition) is 6. The molecule has 0 aromatic heterocycles. The number of nitrogens with one attached hydrogen (secondary N) is 3. The monoisotopic (exact) mass is 517 g/mol.